The van der Waals surface area contributed by atoms with Gasteiger partial charge in [-0.1, -0.05) is 23.6 Å². The molecule has 4 heteroatoms. The van der Waals surface area contributed by atoms with E-state index in [4.69, 9.17) is 0 Å². The van der Waals surface area contributed by atoms with Gasteiger partial charge in [-0.3, -0.25) is 9.59 Å². The minimum Gasteiger partial charge on any atom is -0.329 e. The molecule has 0 aliphatic carbocycles. The Morgan fingerprint density at radius 2 is 2.40 bits per heavy atom. The van der Waals surface area contributed by atoms with Crippen molar-refractivity contribution in [2.75, 3.05) is 5.75 Å². The van der Waals surface area contributed by atoms with E-state index in [1.165, 1.54) is 24.8 Å². The molecule has 1 aromatic rings. The minimum absolute atomic E-state index is 0.105. The van der Waals surface area contributed by atoms with Gasteiger partial charge in [0.2, 0.25) is 5.56 Å². The van der Waals surface area contributed by atoms with Gasteiger partial charge < -0.3 is 4.98 Å². The SMILES string of the molecule is CC(=O)SCCC#Cc1cc[nH]c(=O)c1. The standard InChI is InChI=1S/C11H11NO2S/c1-9(13)15-7-3-2-4-10-5-6-12-11(14)8-10/h5-6,8H,3,7H2,1H3,(H,12,14). The summed E-state index contributed by atoms with van der Waals surface area (Å²) < 4.78 is 0. The third-order valence-electron chi connectivity index (χ3n) is 1.54. The van der Waals surface area contributed by atoms with Gasteiger partial charge in [0.25, 0.3) is 0 Å². The lowest BCUT2D eigenvalue weighted by molar-refractivity contribution is -0.109. The molecule has 0 unspecified atom stereocenters. The van der Waals surface area contributed by atoms with Crippen molar-refractivity contribution >= 4 is 16.9 Å². The Morgan fingerprint density at radius 3 is 3.07 bits per heavy atom. The molecule has 0 radical (unpaired) electrons. The lowest BCUT2D eigenvalue weighted by atomic mass is 10.2. The normalized spacial score (nSPS) is 9.13. The second-order valence-electron chi connectivity index (χ2n) is 2.83. The minimum atomic E-state index is -0.153. The first kappa shape index (κ1) is 11.6. The molecule has 0 spiro atoms. The van der Waals surface area contributed by atoms with Crippen LogP contribution in [0.25, 0.3) is 0 Å². The van der Waals surface area contributed by atoms with Crippen molar-refractivity contribution in [2.45, 2.75) is 13.3 Å². The first-order valence-electron chi connectivity index (χ1n) is 4.49. The average Bonchev–Trinajstić information content (AvgIpc) is 2.17. The highest BCUT2D eigenvalue weighted by Gasteiger charge is 1.91. The summed E-state index contributed by atoms with van der Waals surface area (Å²) in [7, 11) is 0. The van der Waals surface area contributed by atoms with Crippen molar-refractivity contribution in [3.63, 3.8) is 0 Å². The number of nitrogens with one attached hydrogen (secondary N) is 1. The van der Waals surface area contributed by atoms with E-state index in [-0.39, 0.29) is 10.7 Å². The second-order valence-corrected chi connectivity index (χ2v) is 4.11. The summed E-state index contributed by atoms with van der Waals surface area (Å²) in [6.45, 7) is 1.54. The van der Waals surface area contributed by atoms with Crippen molar-refractivity contribution in [2.24, 2.45) is 0 Å². The molecule has 78 valence electrons. The fourth-order valence-electron chi connectivity index (χ4n) is 0.933. The zero-order valence-corrected chi connectivity index (χ0v) is 9.19. The molecular weight excluding hydrogens is 210 g/mol. The highest BCUT2D eigenvalue weighted by atomic mass is 32.2. The smallest absolute Gasteiger partial charge is 0.249 e. The van der Waals surface area contributed by atoms with Crippen LogP contribution >= 0.6 is 11.8 Å². The molecule has 0 aliphatic heterocycles. The summed E-state index contributed by atoms with van der Waals surface area (Å²) in [5, 5.41) is 0.105. The molecule has 1 N–H and O–H groups in total. The van der Waals surface area contributed by atoms with E-state index < -0.39 is 0 Å². The van der Waals surface area contributed by atoms with Crippen LogP contribution in [0.15, 0.2) is 23.1 Å². The van der Waals surface area contributed by atoms with Gasteiger partial charge in [0.05, 0.1) is 0 Å². The van der Waals surface area contributed by atoms with Crippen molar-refractivity contribution in [1.29, 1.82) is 0 Å². The van der Waals surface area contributed by atoms with Gasteiger partial charge >= 0.3 is 0 Å². The maximum atomic E-state index is 10.9. The number of hydrogen-bond donors (Lipinski definition) is 1. The van der Waals surface area contributed by atoms with Gasteiger partial charge in [0.15, 0.2) is 5.12 Å². The maximum absolute atomic E-state index is 10.9. The molecule has 0 fully saturated rings. The highest BCUT2D eigenvalue weighted by Crippen LogP contribution is 2.02. The molecule has 1 aromatic heterocycles. The number of hydrogen-bond acceptors (Lipinski definition) is 3. The van der Waals surface area contributed by atoms with E-state index in [1.54, 1.807) is 12.3 Å². The van der Waals surface area contributed by atoms with E-state index in [2.05, 4.69) is 16.8 Å². The molecule has 0 atom stereocenters. The van der Waals surface area contributed by atoms with Crippen molar-refractivity contribution in [1.82, 2.24) is 4.98 Å². The number of aromatic amines is 1. The number of aromatic nitrogens is 1. The van der Waals surface area contributed by atoms with Crippen LogP contribution in [-0.2, 0) is 4.79 Å². The zero-order valence-electron chi connectivity index (χ0n) is 8.37. The lowest BCUT2D eigenvalue weighted by Crippen LogP contribution is -2.02. The summed E-state index contributed by atoms with van der Waals surface area (Å²) in [6.07, 6.45) is 2.22. The van der Waals surface area contributed by atoms with E-state index in [0.717, 1.165) is 0 Å². The first-order valence-corrected chi connectivity index (χ1v) is 5.48. The quantitative estimate of drug-likeness (QED) is 0.606. The molecule has 0 saturated heterocycles. The number of carbonyl (C=O) groups is 1. The number of thioether (sulfide) groups is 1. The molecule has 0 aliphatic rings. The Balaban J connectivity index is 2.45. The molecule has 1 rings (SSSR count). The molecular formula is C11H11NO2S. The number of H-pyrrole nitrogens is 1. The monoisotopic (exact) mass is 221 g/mol. The second kappa shape index (κ2) is 6.10. The summed E-state index contributed by atoms with van der Waals surface area (Å²) in [4.78, 5) is 24.0. The van der Waals surface area contributed by atoms with E-state index >= 15 is 0 Å². The zero-order chi connectivity index (χ0) is 11.1. The average molecular weight is 221 g/mol. The van der Waals surface area contributed by atoms with Gasteiger partial charge in [0.1, 0.15) is 0 Å². The van der Waals surface area contributed by atoms with Gasteiger partial charge in [-0.25, -0.2) is 0 Å². The van der Waals surface area contributed by atoms with Crippen LogP contribution in [0.2, 0.25) is 0 Å². The van der Waals surface area contributed by atoms with Crippen molar-refractivity contribution < 1.29 is 4.79 Å². The predicted octanol–water partition coefficient (Wildman–Crippen LogP) is 1.40. The maximum Gasteiger partial charge on any atom is 0.249 e. The van der Waals surface area contributed by atoms with Crippen LogP contribution in [-0.4, -0.2) is 15.9 Å². The van der Waals surface area contributed by atoms with Crippen LogP contribution < -0.4 is 5.56 Å². The fraction of sp³-hybridized carbons (Fsp3) is 0.273. The summed E-state index contributed by atoms with van der Waals surface area (Å²) in [6, 6.07) is 3.19. The van der Waals surface area contributed by atoms with Gasteiger partial charge in [-0.2, -0.15) is 0 Å². The first-order chi connectivity index (χ1) is 7.18. The van der Waals surface area contributed by atoms with Crippen LogP contribution in [0.1, 0.15) is 18.9 Å². The predicted molar refractivity (Wildman–Crippen MR) is 61.7 cm³/mol. The third-order valence-corrected chi connectivity index (χ3v) is 2.35. The van der Waals surface area contributed by atoms with Gasteiger partial charge in [0, 0.05) is 36.9 Å². The van der Waals surface area contributed by atoms with Crippen molar-refractivity contribution in [3.8, 4) is 11.8 Å². The molecule has 3 nitrogen and oxygen atoms in total. The Kier molecular flexibility index (Phi) is 4.72. The Hall–Kier alpha value is -1.47. The Labute approximate surface area is 92.3 Å². The fourth-order valence-corrected chi connectivity index (χ4v) is 1.42. The number of pyridine rings is 1. The van der Waals surface area contributed by atoms with Gasteiger partial charge in [-0.15, -0.1) is 0 Å². The summed E-state index contributed by atoms with van der Waals surface area (Å²) in [5.74, 6) is 6.47. The molecule has 15 heavy (non-hydrogen) atoms. The van der Waals surface area contributed by atoms with Gasteiger partial charge in [-0.05, 0) is 6.07 Å². The third kappa shape index (κ3) is 5.08. The number of carbonyl (C=O) groups excluding carboxylic acids is 1. The van der Waals surface area contributed by atoms with Crippen LogP contribution in [0.5, 0.6) is 0 Å². The largest absolute Gasteiger partial charge is 0.329 e. The summed E-state index contributed by atoms with van der Waals surface area (Å²) >= 11 is 1.26. The van der Waals surface area contributed by atoms with E-state index in [1.807, 2.05) is 0 Å². The van der Waals surface area contributed by atoms with Crippen LogP contribution in [0.4, 0.5) is 0 Å². The highest BCUT2D eigenvalue weighted by molar-refractivity contribution is 8.13. The van der Waals surface area contributed by atoms with Crippen molar-refractivity contribution in [3.05, 3.63) is 34.2 Å². The molecule has 0 bridgehead atoms. The van der Waals surface area contributed by atoms with E-state index in [0.29, 0.717) is 17.7 Å². The van der Waals surface area contributed by atoms with Crippen LogP contribution in [0, 0.1) is 11.8 Å². The lowest BCUT2D eigenvalue weighted by Gasteiger charge is -1.89. The Bertz CT molecular complexity index is 453. The summed E-state index contributed by atoms with van der Waals surface area (Å²) in [5.41, 5.74) is 0.548. The van der Waals surface area contributed by atoms with E-state index in [9.17, 15) is 9.59 Å². The molecule has 0 amide bonds. The van der Waals surface area contributed by atoms with Crippen LogP contribution in [0.3, 0.4) is 0 Å². The molecule has 0 aromatic carbocycles. The molecule has 0 saturated carbocycles. The topological polar surface area (TPSA) is 49.9 Å². The molecule has 1 heterocycles. The number of rotatable bonds is 2. The Morgan fingerprint density at radius 1 is 1.60 bits per heavy atom.